The minimum atomic E-state index is -0.747. The highest BCUT2D eigenvalue weighted by molar-refractivity contribution is 5.99. The first kappa shape index (κ1) is 23.3. The van der Waals surface area contributed by atoms with Gasteiger partial charge >= 0.3 is 5.97 Å². The van der Waals surface area contributed by atoms with E-state index < -0.39 is 16.8 Å². The van der Waals surface area contributed by atoms with Crippen LogP contribution in [0.4, 0.5) is 10.1 Å². The van der Waals surface area contributed by atoms with E-state index in [2.05, 4.69) is 10.2 Å². The molecule has 1 aliphatic rings. The van der Waals surface area contributed by atoms with E-state index in [1.165, 1.54) is 18.2 Å². The lowest BCUT2D eigenvalue weighted by Gasteiger charge is -2.35. The summed E-state index contributed by atoms with van der Waals surface area (Å²) in [6.45, 7) is 4.26. The highest BCUT2D eigenvalue weighted by Crippen LogP contribution is 2.23. The molecule has 0 radical (unpaired) electrons. The van der Waals surface area contributed by atoms with E-state index in [-0.39, 0.29) is 41.8 Å². The molecule has 0 aliphatic carbocycles. The molecule has 32 heavy (non-hydrogen) atoms. The zero-order valence-corrected chi connectivity index (χ0v) is 17.6. The van der Waals surface area contributed by atoms with Crippen molar-refractivity contribution in [2.24, 2.45) is 0 Å². The zero-order valence-electron chi connectivity index (χ0n) is 17.6. The van der Waals surface area contributed by atoms with Crippen molar-refractivity contribution in [2.75, 3.05) is 39.5 Å². The maximum absolute atomic E-state index is 13.4. The molecule has 2 aromatic rings. The number of esters is 1. The van der Waals surface area contributed by atoms with Gasteiger partial charge in [0, 0.05) is 37.3 Å². The van der Waals surface area contributed by atoms with E-state index in [1.54, 1.807) is 19.1 Å². The van der Waals surface area contributed by atoms with Crippen LogP contribution in [0.15, 0.2) is 42.5 Å². The number of nitro groups is 1. The average Bonchev–Trinajstić information content (AvgIpc) is 2.80. The number of non-ortho nitro benzene ring substituents is 1. The van der Waals surface area contributed by atoms with Gasteiger partial charge in [-0.1, -0.05) is 12.1 Å². The lowest BCUT2D eigenvalue weighted by molar-refractivity contribution is -0.384. The number of carbonyl (C=O) groups is 2. The molecule has 1 aliphatic heterocycles. The van der Waals surface area contributed by atoms with Gasteiger partial charge in [0.2, 0.25) is 0 Å². The Kier molecular flexibility index (Phi) is 7.85. The number of halogens is 1. The molecule has 9 nitrogen and oxygen atoms in total. The van der Waals surface area contributed by atoms with Crippen LogP contribution in [0.1, 0.15) is 39.2 Å². The van der Waals surface area contributed by atoms with Crippen molar-refractivity contribution in [3.8, 4) is 0 Å². The summed E-state index contributed by atoms with van der Waals surface area (Å²) >= 11 is 0. The number of ether oxygens (including phenoxy) is 2. The van der Waals surface area contributed by atoms with Crippen LogP contribution in [0.25, 0.3) is 0 Å². The van der Waals surface area contributed by atoms with E-state index in [0.717, 1.165) is 17.7 Å². The van der Waals surface area contributed by atoms with Gasteiger partial charge in [0.05, 0.1) is 36.3 Å². The number of morpholine rings is 1. The van der Waals surface area contributed by atoms with Gasteiger partial charge in [-0.15, -0.1) is 0 Å². The molecule has 1 amide bonds. The number of hydrogen-bond acceptors (Lipinski definition) is 7. The number of nitrogens with one attached hydrogen (secondary N) is 1. The second-order valence-electron chi connectivity index (χ2n) is 7.17. The molecular weight excluding hydrogens is 421 g/mol. The normalized spacial score (nSPS) is 15.1. The van der Waals surface area contributed by atoms with Gasteiger partial charge in [-0.25, -0.2) is 9.18 Å². The highest BCUT2D eigenvalue weighted by atomic mass is 19.1. The second-order valence-corrected chi connectivity index (χ2v) is 7.17. The third kappa shape index (κ3) is 5.86. The third-order valence-corrected chi connectivity index (χ3v) is 5.10. The predicted molar refractivity (Wildman–Crippen MR) is 113 cm³/mol. The van der Waals surface area contributed by atoms with Gasteiger partial charge in [-0.05, 0) is 30.7 Å². The first-order valence-corrected chi connectivity index (χ1v) is 10.2. The fraction of sp³-hybridized carbons (Fsp3) is 0.364. The minimum absolute atomic E-state index is 0.0258. The minimum Gasteiger partial charge on any atom is -0.462 e. The number of amides is 1. The average molecular weight is 445 g/mol. The summed E-state index contributed by atoms with van der Waals surface area (Å²) in [5, 5.41) is 14.1. The fourth-order valence-electron chi connectivity index (χ4n) is 3.50. The quantitative estimate of drug-likeness (QED) is 0.378. The number of hydrogen-bond donors (Lipinski definition) is 1. The Balaban J connectivity index is 1.81. The van der Waals surface area contributed by atoms with Gasteiger partial charge in [0.1, 0.15) is 5.82 Å². The summed E-state index contributed by atoms with van der Waals surface area (Å²) in [7, 11) is 0. The second kappa shape index (κ2) is 10.8. The van der Waals surface area contributed by atoms with E-state index >= 15 is 0 Å². The summed E-state index contributed by atoms with van der Waals surface area (Å²) in [5.41, 5.74) is 0.334. The molecule has 3 rings (SSSR count). The molecule has 2 aromatic carbocycles. The van der Waals surface area contributed by atoms with Crippen molar-refractivity contribution in [2.45, 2.75) is 13.0 Å². The number of rotatable bonds is 8. The Morgan fingerprint density at radius 2 is 1.84 bits per heavy atom. The predicted octanol–water partition coefficient (Wildman–Crippen LogP) is 2.71. The molecule has 170 valence electrons. The van der Waals surface area contributed by atoms with Crippen LogP contribution in [0.3, 0.4) is 0 Å². The molecular formula is C22H24FN3O6. The molecule has 0 aromatic heterocycles. The molecule has 0 bridgehead atoms. The summed E-state index contributed by atoms with van der Waals surface area (Å²) < 4.78 is 23.7. The fourth-order valence-corrected chi connectivity index (χ4v) is 3.50. The molecule has 1 fully saturated rings. The van der Waals surface area contributed by atoms with E-state index in [4.69, 9.17) is 9.47 Å². The lowest BCUT2D eigenvalue weighted by atomic mass is 10.0. The highest BCUT2D eigenvalue weighted by Gasteiger charge is 2.24. The van der Waals surface area contributed by atoms with Crippen LogP contribution < -0.4 is 5.32 Å². The van der Waals surface area contributed by atoms with Gasteiger partial charge in [0.15, 0.2) is 0 Å². The van der Waals surface area contributed by atoms with Crippen LogP contribution in [-0.4, -0.2) is 61.2 Å². The Morgan fingerprint density at radius 1 is 1.19 bits per heavy atom. The van der Waals surface area contributed by atoms with Gasteiger partial charge in [0.25, 0.3) is 11.6 Å². The standard InChI is InChI=1S/C22H24FN3O6/c1-2-32-22(28)17-11-16(12-19(13-17)26(29)30)21(27)24-14-20(25-7-9-31-10-8-25)15-3-5-18(23)6-4-15/h3-6,11-13,20H,2,7-10,14H2,1H3,(H,24,27). The Hall–Kier alpha value is -3.37. The summed E-state index contributed by atoms with van der Waals surface area (Å²) in [5.74, 6) is -1.68. The molecule has 1 atom stereocenters. The van der Waals surface area contributed by atoms with E-state index in [9.17, 15) is 24.1 Å². The van der Waals surface area contributed by atoms with Crippen LogP contribution >= 0.6 is 0 Å². The van der Waals surface area contributed by atoms with Crippen molar-refractivity contribution in [1.29, 1.82) is 0 Å². The van der Waals surface area contributed by atoms with Crippen LogP contribution in [-0.2, 0) is 9.47 Å². The molecule has 10 heteroatoms. The van der Waals surface area contributed by atoms with Crippen LogP contribution in [0, 0.1) is 15.9 Å². The Morgan fingerprint density at radius 3 is 2.47 bits per heavy atom. The smallest absolute Gasteiger partial charge is 0.338 e. The van der Waals surface area contributed by atoms with E-state index in [1.807, 2.05) is 0 Å². The van der Waals surface area contributed by atoms with Crippen molar-refractivity contribution in [1.82, 2.24) is 10.2 Å². The number of nitrogens with zero attached hydrogens (tertiary/aromatic N) is 2. The monoisotopic (exact) mass is 445 g/mol. The largest absolute Gasteiger partial charge is 0.462 e. The molecule has 0 spiro atoms. The Bertz CT molecular complexity index is 976. The topological polar surface area (TPSA) is 111 Å². The molecule has 1 saturated heterocycles. The summed E-state index contributed by atoms with van der Waals surface area (Å²) in [6, 6.07) is 9.24. The number of benzene rings is 2. The van der Waals surface area contributed by atoms with Crippen molar-refractivity contribution in [3.05, 3.63) is 75.1 Å². The maximum atomic E-state index is 13.4. The summed E-state index contributed by atoms with van der Waals surface area (Å²) in [6.07, 6.45) is 0. The van der Waals surface area contributed by atoms with Crippen LogP contribution in [0.2, 0.25) is 0 Å². The van der Waals surface area contributed by atoms with Gasteiger partial charge in [-0.2, -0.15) is 0 Å². The Labute approximate surface area is 184 Å². The van der Waals surface area contributed by atoms with Gasteiger partial charge < -0.3 is 14.8 Å². The van der Waals surface area contributed by atoms with Crippen molar-refractivity contribution < 1.29 is 28.4 Å². The molecule has 1 unspecified atom stereocenters. The molecule has 0 saturated carbocycles. The number of nitro benzene ring substituents is 1. The van der Waals surface area contributed by atoms with Crippen LogP contribution in [0.5, 0.6) is 0 Å². The first-order chi connectivity index (χ1) is 15.4. The summed E-state index contributed by atoms with van der Waals surface area (Å²) in [4.78, 5) is 37.6. The SMILES string of the molecule is CCOC(=O)c1cc(C(=O)NCC(c2ccc(F)cc2)N2CCOCC2)cc([N+](=O)[O-])c1. The molecule has 1 N–H and O–H groups in total. The third-order valence-electron chi connectivity index (χ3n) is 5.10. The van der Waals surface area contributed by atoms with Crippen molar-refractivity contribution >= 4 is 17.6 Å². The van der Waals surface area contributed by atoms with E-state index in [0.29, 0.717) is 26.3 Å². The molecule has 1 heterocycles. The van der Waals surface area contributed by atoms with Crippen molar-refractivity contribution in [3.63, 3.8) is 0 Å². The first-order valence-electron chi connectivity index (χ1n) is 10.2. The lowest BCUT2D eigenvalue weighted by Crippen LogP contribution is -2.43. The van der Waals surface area contributed by atoms with Gasteiger partial charge in [-0.3, -0.25) is 19.8 Å². The number of carbonyl (C=O) groups excluding carboxylic acids is 2. The maximum Gasteiger partial charge on any atom is 0.338 e. The zero-order chi connectivity index (χ0) is 23.1.